The van der Waals surface area contributed by atoms with E-state index in [2.05, 4.69) is 0 Å². The van der Waals surface area contributed by atoms with E-state index >= 15 is 0 Å². The summed E-state index contributed by atoms with van der Waals surface area (Å²) in [6, 6.07) is 0. The lowest BCUT2D eigenvalue weighted by Gasteiger charge is -2.43. The number of hydrogen-bond donors (Lipinski definition) is 1. The van der Waals surface area contributed by atoms with Gasteiger partial charge in [-0.05, 0) is 5.41 Å². The predicted molar refractivity (Wildman–Crippen MR) is 45.7 cm³/mol. The molecule has 0 rings (SSSR count). The van der Waals surface area contributed by atoms with Gasteiger partial charge in [-0.25, -0.2) is 0 Å². The van der Waals surface area contributed by atoms with Gasteiger partial charge >= 0.3 is 12.4 Å². The van der Waals surface area contributed by atoms with Crippen molar-refractivity contribution in [3.63, 3.8) is 0 Å². The molecule has 7 heteroatoms. The first-order valence-electron chi connectivity index (χ1n) is 4.51. The van der Waals surface area contributed by atoms with E-state index < -0.39 is 29.3 Å². The Morgan fingerprint density at radius 2 is 1.06 bits per heavy atom. The minimum Gasteiger partial charge on any atom is -0.373 e. The van der Waals surface area contributed by atoms with Crippen LogP contribution in [0.1, 0.15) is 27.7 Å². The molecule has 0 aliphatic rings. The van der Waals surface area contributed by atoms with Crippen molar-refractivity contribution in [3.05, 3.63) is 0 Å². The van der Waals surface area contributed by atoms with E-state index in [-0.39, 0.29) is 0 Å². The van der Waals surface area contributed by atoms with Crippen LogP contribution < -0.4 is 0 Å². The summed E-state index contributed by atoms with van der Waals surface area (Å²) in [5, 5.41) is 9.04. The molecular formula is C9H14F6O. The van der Waals surface area contributed by atoms with Crippen LogP contribution in [0.3, 0.4) is 0 Å². The van der Waals surface area contributed by atoms with E-state index in [1.165, 1.54) is 20.8 Å². The van der Waals surface area contributed by atoms with Gasteiger partial charge in [-0.2, -0.15) is 26.3 Å². The summed E-state index contributed by atoms with van der Waals surface area (Å²) in [7, 11) is 0. The molecule has 0 spiro atoms. The van der Waals surface area contributed by atoms with E-state index in [4.69, 9.17) is 5.11 Å². The topological polar surface area (TPSA) is 20.2 Å². The molecule has 0 fully saturated rings. The van der Waals surface area contributed by atoms with Gasteiger partial charge in [0.15, 0.2) is 0 Å². The predicted octanol–water partition coefficient (Wildman–Crippen LogP) is 3.52. The Hall–Kier alpha value is -0.460. The summed E-state index contributed by atoms with van der Waals surface area (Å²) in [6.45, 7) is 4.36. The minimum absolute atomic E-state index is 0.737. The highest BCUT2D eigenvalue weighted by molar-refractivity contribution is 5.01. The molecule has 0 aromatic heterocycles. The van der Waals surface area contributed by atoms with Crippen molar-refractivity contribution in [3.8, 4) is 0 Å². The van der Waals surface area contributed by atoms with Gasteiger partial charge in [0.25, 0.3) is 5.60 Å². The summed E-state index contributed by atoms with van der Waals surface area (Å²) in [5.74, 6) is -2.01. The summed E-state index contributed by atoms with van der Waals surface area (Å²) >= 11 is 0. The third-order valence-electron chi connectivity index (χ3n) is 2.79. The Morgan fingerprint density at radius 3 is 1.12 bits per heavy atom. The lowest BCUT2D eigenvalue weighted by atomic mass is 9.71. The van der Waals surface area contributed by atoms with Crippen LogP contribution in [0.15, 0.2) is 0 Å². The minimum atomic E-state index is -5.75. The van der Waals surface area contributed by atoms with Gasteiger partial charge in [0.05, 0.1) is 0 Å². The zero-order valence-electron chi connectivity index (χ0n) is 9.29. The molecule has 1 unspecified atom stereocenters. The van der Waals surface area contributed by atoms with E-state index in [0.717, 1.165) is 6.92 Å². The smallest absolute Gasteiger partial charge is 0.373 e. The average Bonchev–Trinajstić information content (AvgIpc) is 1.95. The van der Waals surface area contributed by atoms with E-state index in [1.807, 2.05) is 0 Å². The third-order valence-corrected chi connectivity index (χ3v) is 2.79. The quantitative estimate of drug-likeness (QED) is 0.708. The van der Waals surface area contributed by atoms with Crippen molar-refractivity contribution < 1.29 is 31.4 Å². The molecule has 0 bridgehead atoms. The molecule has 0 saturated heterocycles. The van der Waals surface area contributed by atoms with E-state index in [0.29, 0.717) is 0 Å². The molecule has 0 amide bonds. The van der Waals surface area contributed by atoms with Gasteiger partial charge in [0.1, 0.15) is 0 Å². The van der Waals surface area contributed by atoms with Crippen LogP contribution in [-0.4, -0.2) is 23.1 Å². The molecule has 1 nitrogen and oxygen atoms in total. The fraction of sp³-hybridized carbons (Fsp3) is 1.00. The highest BCUT2D eigenvalue weighted by atomic mass is 19.4. The normalized spacial score (nSPS) is 17.4. The van der Waals surface area contributed by atoms with E-state index in [9.17, 15) is 26.3 Å². The SMILES string of the molecule is CC(C(C)(C)C)C(O)(C(F)(F)F)C(F)(F)F. The number of alkyl halides is 6. The molecule has 16 heavy (non-hydrogen) atoms. The van der Waals surface area contributed by atoms with Gasteiger partial charge in [0.2, 0.25) is 0 Å². The Morgan fingerprint density at radius 1 is 0.812 bits per heavy atom. The maximum atomic E-state index is 12.4. The highest BCUT2D eigenvalue weighted by Crippen LogP contribution is 2.52. The number of rotatable bonds is 1. The average molecular weight is 252 g/mol. The fourth-order valence-electron chi connectivity index (χ4n) is 1.28. The number of aliphatic hydroxyl groups is 1. The van der Waals surface area contributed by atoms with Crippen LogP contribution >= 0.6 is 0 Å². The second-order valence-corrected chi connectivity index (χ2v) is 4.85. The molecule has 98 valence electrons. The van der Waals surface area contributed by atoms with Crippen LogP contribution in [-0.2, 0) is 0 Å². The molecular weight excluding hydrogens is 238 g/mol. The molecule has 1 atom stereocenters. The maximum Gasteiger partial charge on any atom is 0.426 e. The molecule has 0 aliphatic heterocycles. The highest BCUT2D eigenvalue weighted by Gasteiger charge is 2.74. The Labute approximate surface area is 89.4 Å². The molecule has 0 aromatic rings. The first-order chi connectivity index (χ1) is 6.65. The fourth-order valence-corrected chi connectivity index (χ4v) is 1.28. The van der Waals surface area contributed by atoms with Gasteiger partial charge < -0.3 is 5.11 Å². The first-order valence-corrected chi connectivity index (χ1v) is 4.51. The third kappa shape index (κ3) is 2.44. The second-order valence-electron chi connectivity index (χ2n) is 4.85. The van der Waals surface area contributed by atoms with Crippen molar-refractivity contribution >= 4 is 0 Å². The standard InChI is InChI=1S/C9H14F6O/c1-5(6(2,3)4)7(16,8(10,11)12)9(13,14)15/h5,16H,1-4H3. The van der Waals surface area contributed by atoms with Crippen molar-refractivity contribution in [2.45, 2.75) is 45.6 Å². The Kier molecular flexibility index (Phi) is 3.68. The molecule has 0 radical (unpaired) electrons. The van der Waals surface area contributed by atoms with Crippen molar-refractivity contribution in [1.29, 1.82) is 0 Å². The van der Waals surface area contributed by atoms with Crippen molar-refractivity contribution in [2.75, 3.05) is 0 Å². The largest absolute Gasteiger partial charge is 0.426 e. The number of hydrogen-bond acceptors (Lipinski definition) is 1. The van der Waals surface area contributed by atoms with Crippen LogP contribution in [0.25, 0.3) is 0 Å². The zero-order valence-corrected chi connectivity index (χ0v) is 9.29. The molecule has 0 saturated carbocycles. The molecule has 0 heterocycles. The van der Waals surface area contributed by atoms with Crippen LogP contribution in [0.4, 0.5) is 26.3 Å². The lowest BCUT2D eigenvalue weighted by Crippen LogP contribution is -2.63. The van der Waals surface area contributed by atoms with Crippen LogP contribution in [0.2, 0.25) is 0 Å². The summed E-state index contributed by atoms with van der Waals surface area (Å²) in [4.78, 5) is 0. The van der Waals surface area contributed by atoms with Gasteiger partial charge in [-0.15, -0.1) is 0 Å². The monoisotopic (exact) mass is 252 g/mol. The molecule has 0 aliphatic carbocycles. The van der Waals surface area contributed by atoms with E-state index in [1.54, 1.807) is 0 Å². The Balaban J connectivity index is 5.63. The second kappa shape index (κ2) is 3.78. The molecule has 0 aromatic carbocycles. The summed E-state index contributed by atoms with van der Waals surface area (Å²) in [6.07, 6.45) is -11.5. The molecule has 1 N–H and O–H groups in total. The van der Waals surface area contributed by atoms with Gasteiger partial charge in [0, 0.05) is 5.92 Å². The van der Waals surface area contributed by atoms with Crippen molar-refractivity contribution in [1.82, 2.24) is 0 Å². The zero-order chi connectivity index (χ0) is 13.6. The maximum absolute atomic E-state index is 12.4. The van der Waals surface area contributed by atoms with Crippen LogP contribution in [0.5, 0.6) is 0 Å². The van der Waals surface area contributed by atoms with Gasteiger partial charge in [-0.1, -0.05) is 27.7 Å². The number of halogens is 6. The Bertz CT molecular complexity index is 232. The lowest BCUT2D eigenvalue weighted by molar-refractivity contribution is -0.390. The van der Waals surface area contributed by atoms with Gasteiger partial charge in [-0.3, -0.25) is 0 Å². The first kappa shape index (κ1) is 15.5. The van der Waals surface area contributed by atoms with Crippen LogP contribution in [0, 0.1) is 11.3 Å². The van der Waals surface area contributed by atoms with Crippen molar-refractivity contribution in [2.24, 2.45) is 11.3 Å². The summed E-state index contributed by atoms with van der Waals surface area (Å²) < 4.78 is 74.5. The summed E-state index contributed by atoms with van der Waals surface area (Å²) in [5.41, 5.74) is -6.02.